The van der Waals surface area contributed by atoms with Gasteiger partial charge in [-0.15, -0.1) is 24.2 Å². The van der Waals surface area contributed by atoms with Crippen LogP contribution in [0.15, 0.2) is 23.1 Å². The quantitative estimate of drug-likeness (QED) is 0.796. The summed E-state index contributed by atoms with van der Waals surface area (Å²) in [6.45, 7) is 4.04. The Kier molecular flexibility index (Phi) is 8.21. The van der Waals surface area contributed by atoms with Crippen LogP contribution >= 0.6 is 47.4 Å². The first kappa shape index (κ1) is 18.9. The predicted octanol–water partition coefficient (Wildman–Crippen LogP) is 3.62. The third-order valence-corrected chi connectivity index (χ3v) is 5.16. The van der Waals surface area contributed by atoms with Crippen molar-refractivity contribution in [3.63, 3.8) is 0 Å². The number of hydrogen-bond acceptors (Lipinski definition) is 3. The van der Waals surface area contributed by atoms with Crippen LogP contribution in [0.3, 0.4) is 0 Å². The van der Waals surface area contributed by atoms with Gasteiger partial charge in [-0.2, -0.15) is 0 Å². The lowest BCUT2D eigenvalue weighted by molar-refractivity contribution is -0.119. The Morgan fingerprint density at radius 2 is 2.24 bits per heavy atom. The summed E-state index contributed by atoms with van der Waals surface area (Å²) in [5, 5.41) is 7.63. The van der Waals surface area contributed by atoms with Crippen LogP contribution < -0.4 is 10.6 Å². The summed E-state index contributed by atoms with van der Waals surface area (Å²) in [5.74, 6) is 0.898. The first-order valence-corrected chi connectivity index (χ1v) is 8.38. The topological polar surface area (TPSA) is 41.1 Å². The molecule has 2 rings (SSSR count). The Bertz CT molecular complexity index is 487. The number of piperidine rings is 1. The second kappa shape index (κ2) is 9.11. The predicted molar refractivity (Wildman–Crippen MR) is 93.0 cm³/mol. The average molecular weight is 370 g/mol. The minimum atomic E-state index is 0. The van der Waals surface area contributed by atoms with Crippen molar-refractivity contribution in [3.8, 4) is 0 Å². The van der Waals surface area contributed by atoms with E-state index in [-0.39, 0.29) is 24.4 Å². The molecule has 0 aliphatic carbocycles. The number of benzene rings is 1. The average Bonchev–Trinajstić information content (AvgIpc) is 2.42. The monoisotopic (exact) mass is 368 g/mol. The van der Waals surface area contributed by atoms with Gasteiger partial charge in [0.2, 0.25) is 5.91 Å². The molecule has 0 bridgehead atoms. The molecule has 1 heterocycles. The van der Waals surface area contributed by atoms with Gasteiger partial charge in [-0.05, 0) is 37.1 Å². The number of halogens is 3. The lowest BCUT2D eigenvalue weighted by atomic mass is 9.95. The van der Waals surface area contributed by atoms with Crippen LogP contribution in [-0.2, 0) is 4.79 Å². The van der Waals surface area contributed by atoms with E-state index < -0.39 is 0 Å². The SMILES string of the molecule is CC1CCNCC1NC(=O)CSc1cc(Cl)ccc1Cl.Cl. The summed E-state index contributed by atoms with van der Waals surface area (Å²) in [6.07, 6.45) is 1.10. The van der Waals surface area contributed by atoms with Crippen molar-refractivity contribution >= 4 is 53.3 Å². The van der Waals surface area contributed by atoms with Gasteiger partial charge in [0.25, 0.3) is 0 Å². The third kappa shape index (κ3) is 5.87. The van der Waals surface area contributed by atoms with Gasteiger partial charge in [-0.1, -0.05) is 30.1 Å². The first-order valence-electron chi connectivity index (χ1n) is 6.64. The van der Waals surface area contributed by atoms with Gasteiger partial charge in [0, 0.05) is 22.5 Å². The fourth-order valence-electron chi connectivity index (χ4n) is 2.16. The van der Waals surface area contributed by atoms with E-state index in [1.54, 1.807) is 18.2 Å². The highest BCUT2D eigenvalue weighted by molar-refractivity contribution is 8.00. The van der Waals surface area contributed by atoms with Crippen molar-refractivity contribution < 1.29 is 4.79 Å². The normalized spacial score (nSPS) is 21.5. The molecule has 7 heteroatoms. The van der Waals surface area contributed by atoms with Crippen LogP contribution in [0.5, 0.6) is 0 Å². The van der Waals surface area contributed by atoms with Crippen molar-refractivity contribution in [1.29, 1.82) is 0 Å². The van der Waals surface area contributed by atoms with Crippen LogP contribution in [-0.4, -0.2) is 30.8 Å². The van der Waals surface area contributed by atoms with Gasteiger partial charge in [0.05, 0.1) is 10.8 Å². The minimum absolute atomic E-state index is 0. The van der Waals surface area contributed by atoms with Gasteiger partial charge >= 0.3 is 0 Å². The zero-order valence-corrected chi connectivity index (χ0v) is 14.8. The molecule has 2 N–H and O–H groups in total. The molecule has 0 saturated carbocycles. The van der Waals surface area contributed by atoms with E-state index in [9.17, 15) is 4.79 Å². The molecule has 21 heavy (non-hydrogen) atoms. The summed E-state index contributed by atoms with van der Waals surface area (Å²) in [7, 11) is 0. The van der Waals surface area contributed by atoms with Crippen LogP contribution in [0, 0.1) is 5.92 Å². The van der Waals surface area contributed by atoms with Gasteiger partial charge < -0.3 is 10.6 Å². The molecule has 2 atom stereocenters. The van der Waals surface area contributed by atoms with E-state index >= 15 is 0 Å². The zero-order valence-electron chi connectivity index (χ0n) is 11.7. The van der Waals surface area contributed by atoms with Gasteiger partial charge in [0.1, 0.15) is 0 Å². The summed E-state index contributed by atoms with van der Waals surface area (Å²) in [4.78, 5) is 12.8. The lowest BCUT2D eigenvalue weighted by Crippen LogP contribution is -2.50. The van der Waals surface area contributed by atoms with Crippen molar-refractivity contribution in [2.75, 3.05) is 18.8 Å². The number of thioether (sulfide) groups is 1. The fourth-order valence-corrected chi connectivity index (χ4v) is 3.47. The molecule has 1 fully saturated rings. The van der Waals surface area contributed by atoms with Crippen molar-refractivity contribution in [2.45, 2.75) is 24.3 Å². The Labute approximate surface area is 145 Å². The lowest BCUT2D eigenvalue weighted by Gasteiger charge is -2.30. The van der Waals surface area contributed by atoms with Gasteiger partial charge in [-0.3, -0.25) is 4.79 Å². The van der Waals surface area contributed by atoms with Crippen molar-refractivity contribution in [2.24, 2.45) is 5.92 Å². The maximum Gasteiger partial charge on any atom is 0.230 e. The number of carbonyl (C=O) groups is 1. The number of hydrogen-bond donors (Lipinski definition) is 2. The second-order valence-electron chi connectivity index (χ2n) is 5.01. The molecule has 2 unspecified atom stereocenters. The number of carbonyl (C=O) groups excluding carboxylic acids is 1. The van der Waals surface area contributed by atoms with E-state index in [0.29, 0.717) is 21.7 Å². The Morgan fingerprint density at radius 1 is 1.48 bits per heavy atom. The summed E-state index contributed by atoms with van der Waals surface area (Å²) in [6, 6.07) is 5.49. The van der Waals surface area contributed by atoms with Crippen molar-refractivity contribution in [3.05, 3.63) is 28.2 Å². The zero-order chi connectivity index (χ0) is 14.5. The number of amides is 1. The van der Waals surface area contributed by atoms with E-state index in [4.69, 9.17) is 23.2 Å². The molecule has 0 radical (unpaired) electrons. The van der Waals surface area contributed by atoms with Crippen LogP contribution in [0.4, 0.5) is 0 Å². The first-order chi connectivity index (χ1) is 9.56. The summed E-state index contributed by atoms with van der Waals surface area (Å²) >= 11 is 13.4. The van der Waals surface area contributed by atoms with E-state index in [1.807, 2.05) is 0 Å². The number of nitrogens with one attached hydrogen (secondary N) is 2. The van der Waals surface area contributed by atoms with Gasteiger partial charge in [-0.25, -0.2) is 0 Å². The molecule has 118 valence electrons. The summed E-state index contributed by atoms with van der Waals surface area (Å²) in [5.41, 5.74) is 0. The molecule has 1 aliphatic heterocycles. The maximum absolute atomic E-state index is 12.0. The van der Waals surface area contributed by atoms with Crippen LogP contribution in [0.2, 0.25) is 10.0 Å². The standard InChI is InChI=1S/C14H18Cl2N2OS.ClH/c1-9-4-5-17-7-12(9)18-14(19)8-20-13-6-10(15)2-3-11(13)16;/h2-3,6,9,12,17H,4-5,7-8H2,1H3,(H,18,19);1H. The molecular weight excluding hydrogens is 351 g/mol. The Hall–Kier alpha value is -0.130. The molecule has 1 aromatic rings. The summed E-state index contributed by atoms with van der Waals surface area (Å²) < 4.78 is 0. The highest BCUT2D eigenvalue weighted by Crippen LogP contribution is 2.29. The van der Waals surface area contributed by atoms with Crippen LogP contribution in [0.25, 0.3) is 0 Å². The highest BCUT2D eigenvalue weighted by Gasteiger charge is 2.22. The number of rotatable bonds is 4. The highest BCUT2D eigenvalue weighted by atomic mass is 35.5. The largest absolute Gasteiger partial charge is 0.351 e. The molecule has 1 saturated heterocycles. The Morgan fingerprint density at radius 3 is 2.95 bits per heavy atom. The molecule has 1 amide bonds. The minimum Gasteiger partial charge on any atom is -0.351 e. The molecule has 1 aliphatic rings. The van der Waals surface area contributed by atoms with Crippen molar-refractivity contribution in [1.82, 2.24) is 10.6 Å². The molecule has 1 aromatic carbocycles. The Balaban J connectivity index is 0.00000220. The van der Waals surface area contributed by atoms with E-state index in [2.05, 4.69) is 17.6 Å². The van der Waals surface area contributed by atoms with E-state index in [1.165, 1.54) is 11.8 Å². The maximum atomic E-state index is 12.0. The van der Waals surface area contributed by atoms with Crippen LogP contribution in [0.1, 0.15) is 13.3 Å². The van der Waals surface area contributed by atoms with Gasteiger partial charge in [0.15, 0.2) is 0 Å². The molecule has 0 spiro atoms. The third-order valence-electron chi connectivity index (χ3n) is 3.43. The molecule has 0 aromatic heterocycles. The second-order valence-corrected chi connectivity index (χ2v) is 6.87. The fraction of sp³-hybridized carbons (Fsp3) is 0.500. The molecular formula is C14H19Cl3N2OS. The smallest absolute Gasteiger partial charge is 0.230 e. The molecule has 3 nitrogen and oxygen atoms in total. The van der Waals surface area contributed by atoms with E-state index in [0.717, 1.165) is 24.4 Å².